The fourth-order valence-corrected chi connectivity index (χ4v) is 2.75. The molecule has 0 aromatic carbocycles. The molecule has 1 heterocycles. The normalized spacial score (nSPS) is 13.3. The third-order valence-corrected chi connectivity index (χ3v) is 4.50. The van der Waals surface area contributed by atoms with E-state index in [1.807, 2.05) is 40.1 Å². The van der Waals surface area contributed by atoms with Crippen molar-refractivity contribution in [1.29, 1.82) is 0 Å². The van der Waals surface area contributed by atoms with Gasteiger partial charge in [0.15, 0.2) is 0 Å². The summed E-state index contributed by atoms with van der Waals surface area (Å²) in [5, 5.41) is 10.6. The minimum Gasteiger partial charge on any atom is -0.550 e. The third kappa shape index (κ3) is 7.65. The largest absolute Gasteiger partial charge is 0.550 e. The first-order chi connectivity index (χ1) is 11.5. The highest BCUT2D eigenvalue weighted by molar-refractivity contribution is 5.76. The molecule has 25 heavy (non-hydrogen) atoms. The lowest BCUT2D eigenvalue weighted by atomic mass is 9.81. The average Bonchev–Trinajstić information content (AvgIpc) is 2.53. The molecule has 1 rings (SSSR count). The van der Waals surface area contributed by atoms with Crippen LogP contribution in [0, 0.1) is 5.41 Å². The van der Waals surface area contributed by atoms with Crippen LogP contribution in [0.15, 0.2) is 24.5 Å². The molecule has 0 saturated heterocycles. The number of rotatable bonds is 10. The highest BCUT2D eigenvalue weighted by Crippen LogP contribution is 2.32. The maximum atomic E-state index is 12.4. The van der Waals surface area contributed by atoms with Gasteiger partial charge >= 0.3 is 5.97 Å². The molecule has 1 aromatic rings. The number of ether oxygens (including phenoxy) is 1. The van der Waals surface area contributed by atoms with Gasteiger partial charge in [-0.3, -0.25) is 9.78 Å². The van der Waals surface area contributed by atoms with E-state index in [0.29, 0.717) is 24.0 Å². The average molecular weight is 350 g/mol. The quantitative estimate of drug-likeness (QED) is 0.470. The van der Waals surface area contributed by atoms with E-state index < -0.39 is 11.4 Å². The molecule has 0 aliphatic heterocycles. The molecule has 0 amide bonds. The fourth-order valence-electron chi connectivity index (χ4n) is 2.75. The zero-order valence-electron chi connectivity index (χ0n) is 15.9. The Morgan fingerprint density at radius 2 is 1.84 bits per heavy atom. The number of carboxylic acids is 1. The van der Waals surface area contributed by atoms with E-state index in [-0.39, 0.29) is 24.9 Å². The van der Waals surface area contributed by atoms with Gasteiger partial charge in [-0.25, -0.2) is 0 Å². The van der Waals surface area contributed by atoms with Gasteiger partial charge < -0.3 is 19.1 Å². The van der Waals surface area contributed by atoms with Crippen LogP contribution in [-0.2, 0) is 14.3 Å². The van der Waals surface area contributed by atoms with Crippen LogP contribution in [0.2, 0.25) is 0 Å². The maximum absolute atomic E-state index is 12.4. The van der Waals surface area contributed by atoms with Crippen molar-refractivity contribution in [3.8, 4) is 0 Å². The van der Waals surface area contributed by atoms with Crippen molar-refractivity contribution in [2.24, 2.45) is 5.41 Å². The summed E-state index contributed by atoms with van der Waals surface area (Å²) in [7, 11) is 3.82. The number of likely N-dealkylation sites (N-methyl/N-ethyl adjacent to an activating group) is 1. The number of pyridine rings is 1. The Morgan fingerprint density at radius 1 is 1.24 bits per heavy atom. The van der Waals surface area contributed by atoms with Crippen molar-refractivity contribution in [2.45, 2.75) is 39.5 Å². The Hall–Kier alpha value is -1.95. The molecule has 0 aliphatic carbocycles. The second-order valence-electron chi connectivity index (χ2n) is 7.91. The highest BCUT2D eigenvalue weighted by Gasteiger charge is 2.32. The molecule has 0 fully saturated rings. The zero-order chi connectivity index (χ0) is 19.1. The molecular formula is C19H30N2O4. The third-order valence-electron chi connectivity index (χ3n) is 4.50. The van der Waals surface area contributed by atoms with Crippen LogP contribution in [0.25, 0.3) is 0 Å². The minimum atomic E-state index is -1.06. The number of aromatic nitrogens is 1. The van der Waals surface area contributed by atoms with Crippen LogP contribution in [0.5, 0.6) is 0 Å². The predicted octanol–water partition coefficient (Wildman–Crippen LogP) is 1.36. The lowest BCUT2D eigenvalue weighted by Gasteiger charge is -2.31. The molecular weight excluding hydrogens is 320 g/mol. The molecule has 0 saturated carbocycles. The predicted molar refractivity (Wildman–Crippen MR) is 93.5 cm³/mol. The lowest BCUT2D eigenvalue weighted by Crippen LogP contribution is -2.45. The van der Waals surface area contributed by atoms with Gasteiger partial charge in [0.05, 0.1) is 26.1 Å². The Balaban J connectivity index is 2.48. The van der Waals surface area contributed by atoms with Gasteiger partial charge in [0.1, 0.15) is 13.2 Å². The summed E-state index contributed by atoms with van der Waals surface area (Å²) in [4.78, 5) is 27.0. The monoisotopic (exact) mass is 350 g/mol. The smallest absolute Gasteiger partial charge is 0.311 e. The van der Waals surface area contributed by atoms with E-state index in [9.17, 15) is 14.7 Å². The van der Waals surface area contributed by atoms with Crippen LogP contribution in [0.4, 0.5) is 0 Å². The number of quaternary nitrogens is 1. The van der Waals surface area contributed by atoms with Crippen LogP contribution < -0.4 is 5.11 Å². The summed E-state index contributed by atoms with van der Waals surface area (Å²) in [5.74, 6) is -1.07. The fraction of sp³-hybridized carbons (Fsp3) is 0.632. The minimum absolute atomic E-state index is 0.00408. The summed E-state index contributed by atoms with van der Waals surface area (Å²) in [5.41, 5.74) is 0.557. The number of carbonyl (C=O) groups excluding carboxylic acids is 2. The van der Waals surface area contributed by atoms with Gasteiger partial charge in [0, 0.05) is 24.8 Å². The van der Waals surface area contributed by atoms with Gasteiger partial charge in [-0.15, -0.1) is 0 Å². The summed E-state index contributed by atoms with van der Waals surface area (Å²) in [6, 6.07) is 3.92. The first-order valence-corrected chi connectivity index (χ1v) is 8.62. The van der Waals surface area contributed by atoms with Gasteiger partial charge in [0.2, 0.25) is 0 Å². The van der Waals surface area contributed by atoms with Crippen LogP contribution in [0.3, 0.4) is 0 Å². The van der Waals surface area contributed by atoms with E-state index in [1.54, 1.807) is 12.4 Å². The number of nitrogens with zero attached hydrogens (tertiary/aromatic N) is 2. The second-order valence-corrected chi connectivity index (χ2v) is 7.91. The summed E-state index contributed by atoms with van der Waals surface area (Å²) in [6.07, 6.45) is 4.18. The number of hydrogen-bond acceptors (Lipinski definition) is 5. The zero-order valence-corrected chi connectivity index (χ0v) is 15.9. The Kier molecular flexibility index (Phi) is 7.55. The van der Waals surface area contributed by atoms with Crippen LogP contribution in [0.1, 0.15) is 45.1 Å². The van der Waals surface area contributed by atoms with Crippen molar-refractivity contribution < 1.29 is 23.9 Å². The van der Waals surface area contributed by atoms with Crippen molar-refractivity contribution in [3.63, 3.8) is 0 Å². The first-order valence-electron chi connectivity index (χ1n) is 8.62. The van der Waals surface area contributed by atoms with E-state index in [2.05, 4.69) is 11.9 Å². The molecule has 0 aliphatic rings. The maximum Gasteiger partial charge on any atom is 0.311 e. The van der Waals surface area contributed by atoms with Gasteiger partial charge in [-0.1, -0.05) is 6.92 Å². The molecule has 1 unspecified atom stereocenters. The standard InChI is InChI=1S/C19H30N2O4/c1-15(16-6-9-20-10-7-16)14-19(2,3)18(24)25-13-12-21(4,5)11-8-17(22)23/h6-7,9-10,15H,8,11-14H2,1-5H3. The molecule has 1 atom stereocenters. The van der Waals surface area contributed by atoms with Crippen molar-refractivity contribution in [3.05, 3.63) is 30.1 Å². The molecule has 6 nitrogen and oxygen atoms in total. The van der Waals surface area contributed by atoms with Crippen molar-refractivity contribution >= 4 is 11.9 Å². The molecule has 0 N–H and O–H groups in total. The molecule has 0 radical (unpaired) electrons. The number of esters is 1. The number of aliphatic carboxylic acids is 1. The Bertz CT molecular complexity index is 570. The molecule has 0 bridgehead atoms. The van der Waals surface area contributed by atoms with Gasteiger partial charge in [-0.05, 0) is 43.9 Å². The molecule has 1 aromatic heterocycles. The van der Waals surface area contributed by atoms with E-state index in [4.69, 9.17) is 4.74 Å². The Labute approximate surface area is 150 Å². The van der Waals surface area contributed by atoms with Crippen LogP contribution in [-0.4, -0.2) is 55.2 Å². The van der Waals surface area contributed by atoms with Crippen molar-refractivity contribution in [1.82, 2.24) is 4.98 Å². The summed E-state index contributed by atoms with van der Waals surface area (Å²) < 4.78 is 5.92. The molecule has 140 valence electrons. The van der Waals surface area contributed by atoms with Gasteiger partial charge in [0.25, 0.3) is 0 Å². The number of carboxylic acid groups (broad SMARTS) is 1. The lowest BCUT2D eigenvalue weighted by molar-refractivity contribution is -0.890. The first kappa shape index (κ1) is 21.1. The molecule has 6 heteroatoms. The van der Waals surface area contributed by atoms with E-state index >= 15 is 0 Å². The Morgan fingerprint density at radius 3 is 2.40 bits per heavy atom. The second kappa shape index (κ2) is 8.94. The van der Waals surface area contributed by atoms with Gasteiger partial charge in [-0.2, -0.15) is 0 Å². The number of carbonyl (C=O) groups is 2. The van der Waals surface area contributed by atoms with Crippen molar-refractivity contribution in [2.75, 3.05) is 33.8 Å². The van der Waals surface area contributed by atoms with E-state index in [1.165, 1.54) is 0 Å². The summed E-state index contributed by atoms with van der Waals surface area (Å²) >= 11 is 0. The summed E-state index contributed by atoms with van der Waals surface area (Å²) in [6.45, 7) is 7.15. The highest BCUT2D eigenvalue weighted by atomic mass is 16.5. The van der Waals surface area contributed by atoms with Crippen LogP contribution >= 0.6 is 0 Å². The SMILES string of the molecule is CC(CC(C)(C)C(=O)OCC[N+](C)(C)CCC(=O)[O-])c1ccncc1. The van der Waals surface area contributed by atoms with E-state index in [0.717, 1.165) is 5.56 Å². The molecule has 0 spiro atoms. The topological polar surface area (TPSA) is 79.3 Å². The number of hydrogen-bond donors (Lipinski definition) is 0.